The second kappa shape index (κ2) is 42.1. The molecule has 31 nitrogen and oxygen atoms in total. The van der Waals surface area contributed by atoms with Gasteiger partial charge in [0.15, 0.2) is 30.0 Å². The van der Waals surface area contributed by atoms with Crippen molar-refractivity contribution in [1.29, 1.82) is 0 Å². The molecule has 0 spiro atoms. The summed E-state index contributed by atoms with van der Waals surface area (Å²) in [6.07, 6.45) is 5.27. The van der Waals surface area contributed by atoms with Gasteiger partial charge in [0.25, 0.3) is 23.6 Å². The molecule has 0 bridgehead atoms. The summed E-state index contributed by atoms with van der Waals surface area (Å²) in [6.45, 7) is 9.58. The van der Waals surface area contributed by atoms with Gasteiger partial charge < -0.3 is 60.6 Å². The molecule has 82 heavy (non-hydrogen) atoms. The molecule has 40 N–H and O–H groups in total. The molecule has 7 amide bonds. The van der Waals surface area contributed by atoms with E-state index in [1.54, 1.807) is 0 Å². The van der Waals surface area contributed by atoms with Gasteiger partial charge in [0.2, 0.25) is 17.7 Å². The quantitative estimate of drug-likeness (QED) is 0.0116. The maximum absolute atomic E-state index is 14.2. The van der Waals surface area contributed by atoms with Crippen LogP contribution in [0.4, 0.5) is 0 Å². The second-order valence-corrected chi connectivity index (χ2v) is 27.1. The van der Waals surface area contributed by atoms with Crippen LogP contribution in [-0.4, -0.2) is 180 Å². The summed E-state index contributed by atoms with van der Waals surface area (Å²) in [5.41, 5.74) is 65.0. The van der Waals surface area contributed by atoms with Gasteiger partial charge in [-0.25, -0.2) is 0 Å². The number of amides is 7. The second-order valence-electron chi connectivity index (χ2n) is 21.0. The summed E-state index contributed by atoms with van der Waals surface area (Å²) >= 11 is 0. The molecule has 7 atom stereocenters. The van der Waals surface area contributed by atoms with Crippen LogP contribution in [0.15, 0.2) is 0 Å². The molecule has 0 heterocycles. The van der Waals surface area contributed by atoms with Crippen LogP contribution < -0.4 is 126 Å². The van der Waals surface area contributed by atoms with E-state index < -0.39 is 87.9 Å². The lowest BCUT2D eigenvalue weighted by molar-refractivity contribution is -0.463. The zero-order valence-corrected chi connectivity index (χ0v) is 51.8. The Morgan fingerprint density at radius 3 is 1.15 bits per heavy atom. The number of guanidine groups is 4. The first-order valence-corrected chi connectivity index (χ1v) is 32.0. The molecule has 0 aromatic heterocycles. The first kappa shape index (κ1) is 76.3. The van der Waals surface area contributed by atoms with Crippen LogP contribution in [0.3, 0.4) is 0 Å². The smallest absolute Gasteiger partial charge is 0.338 e. The van der Waals surface area contributed by atoms with E-state index in [9.17, 15) is 38.4 Å². The highest BCUT2D eigenvalue weighted by Crippen LogP contribution is 2.36. The number of primary amides is 1. The molecule has 0 aliphatic heterocycles. The third-order valence-corrected chi connectivity index (χ3v) is 18.6. The number of carbonyl (C=O) groups is 8. The van der Waals surface area contributed by atoms with Crippen molar-refractivity contribution in [3.05, 3.63) is 0 Å². The van der Waals surface area contributed by atoms with Crippen LogP contribution in [-0.2, 0) is 38.4 Å². The van der Waals surface area contributed by atoms with Crippen molar-refractivity contribution in [2.75, 3.05) is 57.3 Å². The van der Waals surface area contributed by atoms with Crippen molar-refractivity contribution in [3.63, 3.8) is 0 Å². The summed E-state index contributed by atoms with van der Waals surface area (Å²) in [7, 11) is 5.48. The Bertz CT molecular complexity index is 2130. The van der Waals surface area contributed by atoms with Crippen LogP contribution in [0.1, 0.15) is 111 Å². The number of hydrogen-bond donors (Lipinski definition) is 23. The molecule has 0 saturated heterocycles. The molecular formula is C47H103N23O8S4+8. The van der Waals surface area contributed by atoms with Crippen molar-refractivity contribution < 1.29 is 81.3 Å². The molecule has 0 radical (unpaired) electrons. The van der Waals surface area contributed by atoms with Gasteiger partial charge in [-0.1, -0.05) is 56.0 Å². The normalized spacial score (nSPS) is 13.9. The minimum atomic E-state index is -1.18. The zero-order chi connectivity index (χ0) is 62.4. The molecule has 0 aliphatic rings. The number of ketones is 1. The van der Waals surface area contributed by atoms with E-state index in [2.05, 4.69) is 74.8 Å². The van der Waals surface area contributed by atoms with Gasteiger partial charge in [-0.15, -0.1) is 0 Å². The lowest BCUT2D eigenvalue weighted by Gasteiger charge is -2.26. The molecule has 0 unspecified atom stereocenters. The van der Waals surface area contributed by atoms with Crippen molar-refractivity contribution >= 4 is 114 Å². The number of nitrogens with one attached hydrogen (secondary N) is 10. The number of rotatable bonds is 46. The third-order valence-electron chi connectivity index (χ3n) is 12.0. The summed E-state index contributed by atoms with van der Waals surface area (Å²) in [5, 5.41) is 16.8. The summed E-state index contributed by atoms with van der Waals surface area (Å²) in [5.74, 6) is -3.26. The fraction of sp³-hybridized carbons (Fsp3) is 0.745. The molecule has 35 heteroatoms. The van der Waals surface area contributed by atoms with Crippen molar-refractivity contribution in [2.45, 2.75) is 163 Å². The molecule has 0 saturated carbocycles. The number of unbranched alkanes of at least 4 members (excludes halogenated alkanes) is 2. The fourth-order valence-corrected chi connectivity index (χ4v) is 12.4. The Balaban J connectivity index is 6.16. The average Bonchev–Trinajstić information content (AvgIpc) is 3.41. The average molecular weight is 1250 g/mol. The van der Waals surface area contributed by atoms with Crippen LogP contribution in [0.25, 0.3) is 0 Å². The zero-order valence-electron chi connectivity index (χ0n) is 48.5. The maximum atomic E-state index is 14.2. The predicted octanol–water partition coefficient (Wildman–Crippen LogP) is -15.9. The van der Waals surface area contributed by atoms with Crippen LogP contribution >= 0.6 is 43.2 Å². The summed E-state index contributed by atoms with van der Waals surface area (Å²) < 4.78 is -1.03. The van der Waals surface area contributed by atoms with Gasteiger partial charge in [-0.2, -0.15) is 0 Å². The highest BCUT2D eigenvalue weighted by atomic mass is 33.1. The van der Waals surface area contributed by atoms with Gasteiger partial charge in [-0.3, -0.25) is 104 Å². The maximum Gasteiger partial charge on any atom is 0.338 e. The summed E-state index contributed by atoms with van der Waals surface area (Å²) in [6, 6.07) is -5.71. The molecule has 0 aromatic rings. The standard InChI is InChI=1S/C47H95N23O8S4/c1-46(2,25-66-36(73)27(48)12-8-18-61-42(53)54)81-79-23-32(69-38(75)29(50)14-10-20-63-44(57)58)34(71)17-7-5-6-16-31(40(77)65-22-35(52)72)68-41(78)33(70-39(76)30(51)15-11-21-64-45(59)60)24-80-82-47(3,4)26-67-37(74)28(49)13-9-19-62-43(55)56/h27-33H,5-26,48-51H2,1-4H3,(H2,52,72)(H,65,77)(H,66,73)(H,67,74)(H,68,78)(H,69,75)(H,70,76)(H4,53,54,61)(H4,55,56,62)(H4,57,58,63)(H4,59,60,64)/p+8/t27-,28-,29-,30-,31-,32-,33-/m1/s1. The Morgan fingerprint density at radius 2 is 0.768 bits per heavy atom. The van der Waals surface area contributed by atoms with Gasteiger partial charge in [0, 0.05) is 66.2 Å². The number of carbonyl (C=O) groups excluding carboxylic acids is 8. The van der Waals surface area contributed by atoms with E-state index in [4.69, 9.17) is 51.6 Å². The van der Waals surface area contributed by atoms with Crippen molar-refractivity contribution in [1.82, 2.24) is 31.9 Å². The number of quaternary nitrogens is 4. The van der Waals surface area contributed by atoms with Crippen LogP contribution in [0.2, 0.25) is 0 Å². The lowest BCUT2D eigenvalue weighted by Crippen LogP contribution is -2.78. The highest BCUT2D eigenvalue weighted by Gasteiger charge is 2.32. The minimum absolute atomic E-state index is 0.0297. The molecular weight excluding hydrogens is 1140 g/mol. The van der Waals surface area contributed by atoms with E-state index in [-0.39, 0.29) is 72.3 Å². The van der Waals surface area contributed by atoms with Crippen LogP contribution in [0.5, 0.6) is 0 Å². The van der Waals surface area contributed by atoms with E-state index >= 15 is 0 Å². The van der Waals surface area contributed by atoms with E-state index in [0.717, 1.165) is 0 Å². The Hall–Kier alpha value is -5.72. The van der Waals surface area contributed by atoms with E-state index in [0.29, 0.717) is 103 Å². The molecule has 0 aromatic carbocycles. The third kappa shape index (κ3) is 38.9. The first-order chi connectivity index (χ1) is 38.4. The molecule has 470 valence electrons. The Labute approximate surface area is 496 Å². The van der Waals surface area contributed by atoms with E-state index in [1.807, 2.05) is 27.7 Å². The molecule has 0 aliphatic carbocycles. The Kier molecular flexibility index (Phi) is 39.2. The largest absolute Gasteiger partial charge is 0.368 e. The highest BCUT2D eigenvalue weighted by molar-refractivity contribution is 8.77. The topological polar surface area (TPSA) is 609 Å². The van der Waals surface area contributed by atoms with Crippen LogP contribution in [0, 0.1) is 0 Å². The monoisotopic (exact) mass is 1250 g/mol. The van der Waals surface area contributed by atoms with E-state index in [1.165, 1.54) is 43.2 Å². The van der Waals surface area contributed by atoms with Gasteiger partial charge in [0.1, 0.15) is 12.1 Å². The minimum Gasteiger partial charge on any atom is -0.368 e. The lowest BCUT2D eigenvalue weighted by atomic mass is 10.0. The number of nitrogens with two attached hydrogens (primary N) is 9. The number of Topliss-reactive ketones (excluding diaryl/α,β-unsaturated/α-hetero) is 1. The van der Waals surface area contributed by atoms with Crippen molar-refractivity contribution in [2.24, 2.45) is 51.6 Å². The molecule has 0 fully saturated rings. The predicted molar refractivity (Wildman–Crippen MR) is 321 cm³/mol. The van der Waals surface area contributed by atoms with Gasteiger partial charge in [0.05, 0.1) is 38.8 Å². The first-order valence-electron chi connectivity index (χ1n) is 27.3. The SMILES string of the molecule is CC(C)(CNC(=O)[C@H]([NH3+])CCC[NH+]=C(N)N)SSC[C@@H](NC(=O)[C@H]([NH3+])CCC[NH+]=C(N)N)C(=O)CCCCC[C@@H](NC(=O)[C@@H](CSSC(C)(C)CNC(=O)[C@H]([NH3+])CCC[NH+]=C(N)N)NC(=O)[C@H]([NH3+])CCC[NH+]=C(N)N)C(=O)NCC(N)=O. The van der Waals surface area contributed by atoms with Gasteiger partial charge in [-0.05, 0) is 66.2 Å². The summed E-state index contributed by atoms with van der Waals surface area (Å²) in [4.78, 5) is 117. The fourth-order valence-electron chi connectivity index (χ4n) is 7.13. The Morgan fingerprint density at radius 1 is 0.415 bits per heavy atom. The van der Waals surface area contributed by atoms with Gasteiger partial charge >= 0.3 is 23.8 Å². The number of hydrogen-bond acceptors (Lipinski definition) is 12. The van der Waals surface area contributed by atoms with Crippen molar-refractivity contribution in [3.8, 4) is 0 Å². The molecule has 0 rings (SSSR count).